The molecule has 0 fully saturated rings. The first kappa shape index (κ1) is 17.5. The first-order valence-corrected chi connectivity index (χ1v) is 9.67. The summed E-state index contributed by atoms with van der Waals surface area (Å²) in [5, 5.41) is 8.07. The molecule has 140 valence electrons. The van der Waals surface area contributed by atoms with Gasteiger partial charge >= 0.3 is 0 Å². The van der Waals surface area contributed by atoms with E-state index in [-0.39, 0.29) is 11.9 Å². The maximum Gasteiger partial charge on any atom is 0.213 e. The van der Waals surface area contributed by atoms with Crippen molar-refractivity contribution in [3.8, 4) is 5.75 Å². The van der Waals surface area contributed by atoms with Gasteiger partial charge in [-0.15, -0.1) is 0 Å². The van der Waals surface area contributed by atoms with E-state index in [2.05, 4.69) is 0 Å². The lowest BCUT2D eigenvalue weighted by Crippen LogP contribution is -2.33. The van der Waals surface area contributed by atoms with Gasteiger partial charge in [0.25, 0.3) is 0 Å². The molecule has 0 N–H and O–H groups in total. The van der Waals surface area contributed by atoms with E-state index in [9.17, 15) is 4.39 Å². The fourth-order valence-corrected chi connectivity index (χ4v) is 4.06. The van der Waals surface area contributed by atoms with Crippen LogP contribution < -0.4 is 4.74 Å². The lowest BCUT2D eigenvalue weighted by molar-refractivity contribution is -0.0192. The van der Waals surface area contributed by atoms with Crippen LogP contribution in [-0.4, -0.2) is 10.7 Å². The zero-order valence-corrected chi connectivity index (χ0v) is 16.2. The van der Waals surface area contributed by atoms with Crippen LogP contribution in [0.3, 0.4) is 0 Å². The van der Waals surface area contributed by atoms with E-state index in [1.165, 1.54) is 12.1 Å². The Hall–Kier alpha value is -2.56. The summed E-state index contributed by atoms with van der Waals surface area (Å²) in [4.78, 5) is 0. The van der Waals surface area contributed by atoms with E-state index in [0.29, 0.717) is 22.0 Å². The second kappa shape index (κ2) is 6.80. The largest absolute Gasteiger partial charge is 0.464 e. The quantitative estimate of drug-likeness (QED) is 0.487. The molecule has 0 aromatic heterocycles. The molecule has 28 heavy (non-hydrogen) atoms. The van der Waals surface area contributed by atoms with E-state index in [4.69, 9.17) is 33.0 Å². The van der Waals surface area contributed by atoms with Gasteiger partial charge < -0.3 is 4.74 Å². The van der Waals surface area contributed by atoms with Crippen molar-refractivity contribution in [3.63, 3.8) is 0 Å². The molecule has 0 spiro atoms. The van der Waals surface area contributed by atoms with Crippen molar-refractivity contribution in [2.45, 2.75) is 18.7 Å². The normalized spacial score (nSPS) is 20.2. The minimum absolute atomic E-state index is 0.0404. The van der Waals surface area contributed by atoms with E-state index in [1.807, 2.05) is 47.5 Å². The summed E-state index contributed by atoms with van der Waals surface area (Å²) in [7, 11) is 0. The summed E-state index contributed by atoms with van der Waals surface area (Å²) in [5.74, 6) is 0.438. The van der Waals surface area contributed by atoms with Crippen LogP contribution in [0.25, 0.3) is 0 Å². The molecule has 0 bridgehead atoms. The number of fused-ring (bicyclic) bond motifs is 3. The molecule has 2 unspecified atom stereocenters. The predicted molar refractivity (Wildman–Crippen MR) is 108 cm³/mol. The van der Waals surface area contributed by atoms with E-state index in [1.54, 1.807) is 12.1 Å². The highest BCUT2D eigenvalue weighted by atomic mass is 35.5. The zero-order chi connectivity index (χ0) is 19.3. The topological polar surface area (TPSA) is 24.8 Å². The van der Waals surface area contributed by atoms with Crippen molar-refractivity contribution >= 4 is 28.9 Å². The Bertz CT molecular complexity index is 1080. The van der Waals surface area contributed by atoms with Gasteiger partial charge in [0.15, 0.2) is 0 Å². The number of ether oxygens (including phenoxy) is 1. The Morgan fingerprint density at radius 3 is 2.54 bits per heavy atom. The Morgan fingerprint density at radius 1 is 0.964 bits per heavy atom. The van der Waals surface area contributed by atoms with Gasteiger partial charge in [-0.2, -0.15) is 5.10 Å². The Balaban J connectivity index is 1.61. The van der Waals surface area contributed by atoms with Crippen molar-refractivity contribution < 1.29 is 9.13 Å². The fourth-order valence-electron chi connectivity index (χ4n) is 3.76. The lowest BCUT2D eigenvalue weighted by Gasteiger charge is -2.38. The summed E-state index contributed by atoms with van der Waals surface area (Å²) < 4.78 is 20.1. The van der Waals surface area contributed by atoms with Gasteiger partial charge in [0.2, 0.25) is 6.23 Å². The van der Waals surface area contributed by atoms with Gasteiger partial charge in [-0.1, -0.05) is 47.5 Å². The standard InChI is InChI=1S/C22H15Cl2FN2O/c23-15-6-4-13(5-7-15)19-12-20-18-11-16(24)8-9-21(18)28-22(27(20)26-19)14-2-1-3-17(25)10-14/h1-11,20,22H,12H2. The highest BCUT2D eigenvalue weighted by Crippen LogP contribution is 2.48. The predicted octanol–water partition coefficient (Wildman–Crippen LogP) is 6.37. The van der Waals surface area contributed by atoms with Crippen LogP contribution in [0.2, 0.25) is 10.0 Å². The van der Waals surface area contributed by atoms with Crippen LogP contribution >= 0.6 is 23.2 Å². The van der Waals surface area contributed by atoms with Gasteiger partial charge in [0, 0.05) is 27.6 Å². The zero-order valence-electron chi connectivity index (χ0n) is 14.6. The Kier molecular flexibility index (Phi) is 4.26. The minimum atomic E-state index is -0.515. The minimum Gasteiger partial charge on any atom is -0.464 e. The number of nitrogens with zero attached hydrogens (tertiary/aromatic N) is 2. The molecule has 3 nitrogen and oxygen atoms in total. The second-order valence-electron chi connectivity index (χ2n) is 6.86. The number of hydrazone groups is 1. The molecular formula is C22H15Cl2FN2O. The number of halogens is 3. The SMILES string of the molecule is Fc1cccc(C2Oc3ccc(Cl)cc3C3CC(c4ccc(Cl)cc4)=NN32)c1. The summed E-state index contributed by atoms with van der Waals surface area (Å²) in [6.45, 7) is 0. The van der Waals surface area contributed by atoms with E-state index >= 15 is 0 Å². The van der Waals surface area contributed by atoms with E-state index < -0.39 is 6.23 Å². The Morgan fingerprint density at radius 2 is 1.75 bits per heavy atom. The second-order valence-corrected chi connectivity index (χ2v) is 7.73. The van der Waals surface area contributed by atoms with Crippen LogP contribution in [0.4, 0.5) is 4.39 Å². The monoisotopic (exact) mass is 412 g/mol. The van der Waals surface area contributed by atoms with Crippen LogP contribution in [0, 0.1) is 5.82 Å². The molecule has 6 heteroatoms. The summed E-state index contributed by atoms with van der Waals surface area (Å²) >= 11 is 12.3. The van der Waals surface area contributed by atoms with Crippen molar-refractivity contribution in [2.75, 3.05) is 0 Å². The third-order valence-corrected chi connectivity index (χ3v) is 5.55. The average Bonchev–Trinajstić information content (AvgIpc) is 3.14. The molecule has 3 aromatic rings. The molecule has 2 atom stereocenters. The average molecular weight is 413 g/mol. The molecule has 0 saturated heterocycles. The maximum atomic E-state index is 13.9. The van der Waals surface area contributed by atoms with E-state index in [0.717, 1.165) is 22.6 Å². The molecule has 2 heterocycles. The van der Waals surface area contributed by atoms with Crippen LogP contribution in [-0.2, 0) is 0 Å². The fraction of sp³-hybridized carbons (Fsp3) is 0.136. The van der Waals surface area contributed by atoms with Crippen molar-refractivity contribution in [1.29, 1.82) is 0 Å². The Labute approximate surface area is 172 Å². The smallest absolute Gasteiger partial charge is 0.213 e. The summed E-state index contributed by atoms with van der Waals surface area (Å²) in [6.07, 6.45) is 0.184. The molecule has 0 radical (unpaired) electrons. The van der Waals surface area contributed by atoms with Gasteiger partial charge in [-0.25, -0.2) is 9.40 Å². The van der Waals surface area contributed by atoms with Crippen LogP contribution in [0.1, 0.15) is 35.4 Å². The highest BCUT2D eigenvalue weighted by molar-refractivity contribution is 6.31. The van der Waals surface area contributed by atoms with Crippen LogP contribution in [0.5, 0.6) is 5.75 Å². The first-order chi connectivity index (χ1) is 13.6. The maximum absolute atomic E-state index is 13.9. The molecule has 2 aliphatic heterocycles. The van der Waals surface area contributed by atoms with Crippen molar-refractivity contribution in [2.24, 2.45) is 5.10 Å². The molecule has 5 rings (SSSR count). The molecule has 2 aliphatic rings. The number of hydrogen-bond acceptors (Lipinski definition) is 3. The molecule has 0 saturated carbocycles. The van der Waals surface area contributed by atoms with Crippen molar-refractivity contribution in [1.82, 2.24) is 5.01 Å². The summed E-state index contributed by atoms with van der Waals surface area (Å²) in [5.41, 5.74) is 3.62. The number of benzene rings is 3. The van der Waals surface area contributed by atoms with Gasteiger partial charge in [-0.05, 0) is 48.0 Å². The number of rotatable bonds is 2. The van der Waals surface area contributed by atoms with Crippen LogP contribution in [0.15, 0.2) is 71.8 Å². The first-order valence-electron chi connectivity index (χ1n) is 8.92. The number of hydrogen-bond donors (Lipinski definition) is 0. The lowest BCUT2D eigenvalue weighted by atomic mass is 9.96. The van der Waals surface area contributed by atoms with Gasteiger partial charge in [0.1, 0.15) is 11.6 Å². The van der Waals surface area contributed by atoms with Gasteiger partial charge in [0.05, 0.1) is 11.8 Å². The molecule has 3 aromatic carbocycles. The molecule has 0 amide bonds. The highest BCUT2D eigenvalue weighted by Gasteiger charge is 2.41. The third kappa shape index (κ3) is 3.03. The summed E-state index contributed by atoms with van der Waals surface area (Å²) in [6, 6.07) is 19.6. The van der Waals surface area contributed by atoms with Gasteiger partial charge in [-0.3, -0.25) is 0 Å². The third-order valence-electron chi connectivity index (χ3n) is 5.06. The molecular weight excluding hydrogens is 398 g/mol. The van der Waals surface area contributed by atoms with Crippen molar-refractivity contribution in [3.05, 3.63) is 99.3 Å². The molecule has 0 aliphatic carbocycles.